The van der Waals surface area contributed by atoms with Crippen LogP contribution in [0.4, 0.5) is 0 Å². The van der Waals surface area contributed by atoms with Gasteiger partial charge in [-0.05, 0) is 33.8 Å². The van der Waals surface area contributed by atoms with Crippen molar-refractivity contribution in [3.05, 3.63) is 46.5 Å². The first-order valence-electron chi connectivity index (χ1n) is 7.22. The van der Waals surface area contributed by atoms with Crippen LogP contribution in [0.5, 0.6) is 0 Å². The predicted molar refractivity (Wildman–Crippen MR) is 86.0 cm³/mol. The van der Waals surface area contributed by atoms with Gasteiger partial charge in [-0.25, -0.2) is 0 Å². The largest absolute Gasteiger partial charge is 0.322 e. The standard InChI is InChI=1S/C16H16N3O2S/c1-11-13-4-2-3-5-14(13)22-15(11)16(20)18-8-9-19(21)12(10-18)6-7-17-19/h2-7,21H,8-10H2,1H3/q+1. The zero-order valence-electron chi connectivity index (χ0n) is 12.2. The van der Waals surface area contributed by atoms with Gasteiger partial charge in [0.15, 0.2) is 12.2 Å². The number of hydrogen-bond acceptors (Lipinski definition) is 4. The highest BCUT2D eigenvalue weighted by atomic mass is 32.1. The third kappa shape index (κ3) is 1.92. The number of nitrogens with zero attached hydrogens (tertiary/aromatic N) is 3. The molecule has 112 valence electrons. The van der Waals surface area contributed by atoms with E-state index < -0.39 is 4.76 Å². The molecule has 1 fully saturated rings. The monoisotopic (exact) mass is 314 g/mol. The number of carbonyl (C=O) groups excluding carboxylic acids is 1. The van der Waals surface area contributed by atoms with Crippen molar-refractivity contribution in [2.45, 2.75) is 6.92 Å². The second-order valence-corrected chi connectivity index (χ2v) is 6.71. The first kappa shape index (κ1) is 13.6. The lowest BCUT2D eigenvalue weighted by atomic mass is 10.1. The predicted octanol–water partition coefficient (Wildman–Crippen LogP) is 2.75. The molecular weight excluding hydrogens is 298 g/mol. The first-order valence-corrected chi connectivity index (χ1v) is 8.04. The molecule has 1 atom stereocenters. The Morgan fingerprint density at radius 2 is 2.23 bits per heavy atom. The van der Waals surface area contributed by atoms with Crippen molar-refractivity contribution in [3.8, 4) is 0 Å². The number of hydroxylamine groups is 2. The third-order valence-corrected chi connectivity index (χ3v) is 5.61. The maximum atomic E-state index is 12.9. The number of amides is 1. The summed E-state index contributed by atoms with van der Waals surface area (Å²) in [5.74, 6) is 0.0396. The van der Waals surface area contributed by atoms with Crippen LogP contribution >= 0.6 is 11.3 Å². The molecule has 1 saturated heterocycles. The molecule has 0 radical (unpaired) electrons. The Morgan fingerprint density at radius 1 is 1.41 bits per heavy atom. The number of hydrogen-bond donors (Lipinski definition) is 1. The van der Waals surface area contributed by atoms with Crippen molar-refractivity contribution < 1.29 is 14.8 Å². The number of allylic oxidation sites excluding steroid dienone is 1. The number of piperazine rings is 1. The van der Waals surface area contributed by atoms with Gasteiger partial charge < -0.3 is 4.90 Å². The van der Waals surface area contributed by atoms with Crippen LogP contribution in [0.25, 0.3) is 10.1 Å². The number of rotatable bonds is 1. The van der Waals surface area contributed by atoms with Gasteiger partial charge in [0.2, 0.25) is 0 Å². The van der Waals surface area contributed by atoms with Gasteiger partial charge in [0.25, 0.3) is 5.91 Å². The Morgan fingerprint density at radius 3 is 3.05 bits per heavy atom. The van der Waals surface area contributed by atoms with Crippen molar-refractivity contribution in [2.75, 3.05) is 19.6 Å². The van der Waals surface area contributed by atoms with Gasteiger partial charge in [-0.3, -0.25) is 4.79 Å². The summed E-state index contributed by atoms with van der Waals surface area (Å²) >= 11 is 1.54. The van der Waals surface area contributed by atoms with Crippen LogP contribution in [-0.2, 0) is 0 Å². The SMILES string of the molecule is Cc1c(C(=O)N2CC[N+]3(O)N=CC=C3C2)sc2ccccc12. The topological polar surface area (TPSA) is 52.9 Å². The zero-order valence-corrected chi connectivity index (χ0v) is 13.0. The van der Waals surface area contributed by atoms with Crippen molar-refractivity contribution in [1.82, 2.24) is 4.90 Å². The maximum absolute atomic E-state index is 12.9. The number of benzene rings is 1. The minimum absolute atomic E-state index is 0.0396. The third-order valence-electron chi connectivity index (χ3n) is 4.34. The molecule has 0 bridgehead atoms. The van der Waals surface area contributed by atoms with E-state index in [-0.39, 0.29) is 5.91 Å². The molecule has 2 aliphatic heterocycles. The summed E-state index contributed by atoms with van der Waals surface area (Å²) in [6.07, 6.45) is 3.39. The molecule has 2 aromatic rings. The summed E-state index contributed by atoms with van der Waals surface area (Å²) < 4.78 is 0.742. The summed E-state index contributed by atoms with van der Waals surface area (Å²) in [5.41, 5.74) is 1.79. The van der Waals surface area contributed by atoms with Crippen molar-refractivity contribution in [1.29, 1.82) is 0 Å². The molecule has 0 spiro atoms. The summed E-state index contributed by atoms with van der Waals surface area (Å²) in [7, 11) is 0. The van der Waals surface area contributed by atoms with Crippen LogP contribution in [0, 0.1) is 6.92 Å². The van der Waals surface area contributed by atoms with E-state index in [0.29, 0.717) is 19.6 Å². The molecule has 0 aliphatic carbocycles. The van der Waals surface area contributed by atoms with Gasteiger partial charge >= 0.3 is 0 Å². The van der Waals surface area contributed by atoms with Crippen LogP contribution in [0.1, 0.15) is 15.2 Å². The Labute approximate surface area is 131 Å². The molecule has 6 heteroatoms. The van der Waals surface area contributed by atoms with E-state index in [9.17, 15) is 10.0 Å². The van der Waals surface area contributed by atoms with Crippen molar-refractivity contribution in [2.24, 2.45) is 5.10 Å². The summed E-state index contributed by atoms with van der Waals surface area (Å²) in [6, 6.07) is 8.08. The highest BCUT2D eigenvalue weighted by Gasteiger charge is 2.42. The van der Waals surface area contributed by atoms with Crippen LogP contribution in [0.3, 0.4) is 0 Å². The summed E-state index contributed by atoms with van der Waals surface area (Å²) in [4.78, 5) is 15.4. The average molecular weight is 314 g/mol. The summed E-state index contributed by atoms with van der Waals surface area (Å²) in [6.45, 7) is 3.32. The molecule has 1 aromatic carbocycles. The minimum atomic E-state index is -0.394. The van der Waals surface area contributed by atoms with E-state index in [0.717, 1.165) is 26.2 Å². The fraction of sp³-hybridized carbons (Fsp3) is 0.250. The van der Waals surface area contributed by atoms with E-state index >= 15 is 0 Å². The van der Waals surface area contributed by atoms with E-state index in [4.69, 9.17) is 0 Å². The minimum Gasteiger partial charge on any atom is -0.322 e. The van der Waals surface area contributed by atoms with Crippen LogP contribution in [0.15, 0.2) is 41.1 Å². The van der Waals surface area contributed by atoms with E-state index in [1.54, 1.807) is 28.5 Å². The van der Waals surface area contributed by atoms with E-state index in [2.05, 4.69) is 11.2 Å². The van der Waals surface area contributed by atoms with Gasteiger partial charge in [0, 0.05) is 10.8 Å². The van der Waals surface area contributed by atoms with Crippen LogP contribution in [0.2, 0.25) is 0 Å². The lowest BCUT2D eigenvalue weighted by Crippen LogP contribution is -2.53. The molecule has 22 heavy (non-hydrogen) atoms. The highest BCUT2D eigenvalue weighted by Crippen LogP contribution is 2.33. The zero-order chi connectivity index (χ0) is 15.3. The molecule has 1 unspecified atom stereocenters. The fourth-order valence-electron chi connectivity index (χ4n) is 3.02. The van der Waals surface area contributed by atoms with Gasteiger partial charge in [-0.15, -0.1) is 11.3 Å². The van der Waals surface area contributed by atoms with Gasteiger partial charge in [-0.1, -0.05) is 18.2 Å². The van der Waals surface area contributed by atoms with Crippen molar-refractivity contribution >= 4 is 33.5 Å². The molecule has 3 heterocycles. The smallest absolute Gasteiger partial charge is 0.264 e. The second-order valence-electron chi connectivity index (χ2n) is 5.66. The maximum Gasteiger partial charge on any atom is 0.264 e. The quantitative estimate of drug-likeness (QED) is 0.823. The number of thiophene rings is 1. The first-order chi connectivity index (χ1) is 10.6. The lowest BCUT2D eigenvalue weighted by molar-refractivity contribution is -1.08. The lowest BCUT2D eigenvalue weighted by Gasteiger charge is -2.33. The highest BCUT2D eigenvalue weighted by molar-refractivity contribution is 7.21. The van der Waals surface area contributed by atoms with Gasteiger partial charge in [-0.2, -0.15) is 5.21 Å². The number of quaternary nitrogens is 1. The fourth-order valence-corrected chi connectivity index (χ4v) is 4.20. The molecular formula is C16H16N3O2S+. The number of fused-ring (bicyclic) bond motifs is 2. The molecule has 1 amide bonds. The Kier molecular flexibility index (Phi) is 2.94. The normalized spacial score (nSPS) is 23.7. The van der Waals surface area contributed by atoms with Gasteiger partial charge in [0.1, 0.15) is 6.54 Å². The van der Waals surface area contributed by atoms with Crippen LogP contribution < -0.4 is 0 Å². The Bertz CT molecular complexity index is 839. The molecule has 1 aromatic heterocycles. The second kappa shape index (κ2) is 4.74. The number of aryl methyl sites for hydroxylation is 1. The Hall–Kier alpha value is -2.02. The molecule has 4 rings (SSSR count). The van der Waals surface area contributed by atoms with Crippen molar-refractivity contribution in [3.63, 3.8) is 0 Å². The van der Waals surface area contributed by atoms with E-state index in [1.807, 2.05) is 25.1 Å². The van der Waals surface area contributed by atoms with Crippen LogP contribution in [-0.4, -0.2) is 46.6 Å². The molecule has 0 saturated carbocycles. The Balaban J connectivity index is 1.66. The van der Waals surface area contributed by atoms with Gasteiger partial charge in [0.05, 0.1) is 17.6 Å². The summed E-state index contributed by atoms with van der Waals surface area (Å²) in [5, 5.41) is 15.5. The average Bonchev–Trinajstić information content (AvgIpc) is 3.07. The molecule has 5 nitrogen and oxygen atoms in total. The molecule has 2 aliphatic rings. The molecule has 1 N–H and O–H groups in total. The van der Waals surface area contributed by atoms with E-state index in [1.165, 1.54) is 0 Å². The number of carbonyl (C=O) groups is 1.